The van der Waals surface area contributed by atoms with E-state index in [9.17, 15) is 0 Å². The minimum atomic E-state index is 0.635. The highest BCUT2D eigenvalue weighted by Gasteiger charge is 2.21. The predicted octanol–water partition coefficient (Wildman–Crippen LogP) is 3.55. The van der Waals surface area contributed by atoms with Crippen molar-refractivity contribution < 1.29 is 4.74 Å². The van der Waals surface area contributed by atoms with E-state index in [2.05, 4.69) is 9.55 Å². The second kappa shape index (κ2) is 4.65. The summed E-state index contributed by atoms with van der Waals surface area (Å²) in [5.41, 5.74) is 2.17. The SMILES string of the molecule is COc1ccccc1-c1nc(Cl)c2n1CCCC2. The standard InChI is InChI=1S/C14H15ClN2O/c1-18-12-8-3-2-6-10(12)14-16-13(15)11-7-4-5-9-17(11)14/h2-3,6,8H,4-5,7,9H2,1H3. The molecule has 0 aliphatic carbocycles. The van der Waals surface area contributed by atoms with E-state index < -0.39 is 0 Å². The Labute approximate surface area is 111 Å². The van der Waals surface area contributed by atoms with Crippen molar-refractivity contribution in [2.75, 3.05) is 7.11 Å². The van der Waals surface area contributed by atoms with Crippen molar-refractivity contribution in [2.24, 2.45) is 0 Å². The molecule has 1 aromatic heterocycles. The van der Waals surface area contributed by atoms with E-state index in [0.29, 0.717) is 5.15 Å². The van der Waals surface area contributed by atoms with Gasteiger partial charge in [0.2, 0.25) is 0 Å². The van der Waals surface area contributed by atoms with E-state index >= 15 is 0 Å². The maximum Gasteiger partial charge on any atom is 0.150 e. The van der Waals surface area contributed by atoms with Crippen molar-refractivity contribution in [3.05, 3.63) is 35.1 Å². The van der Waals surface area contributed by atoms with Gasteiger partial charge in [0.15, 0.2) is 5.15 Å². The molecule has 1 aliphatic heterocycles. The fraction of sp³-hybridized carbons (Fsp3) is 0.357. The van der Waals surface area contributed by atoms with Crippen LogP contribution in [0.2, 0.25) is 5.15 Å². The Bertz CT molecular complexity index is 577. The minimum absolute atomic E-state index is 0.635. The molecule has 0 radical (unpaired) electrons. The van der Waals surface area contributed by atoms with Crippen LogP contribution in [0.1, 0.15) is 18.5 Å². The second-order valence-corrected chi connectivity index (χ2v) is 4.84. The zero-order valence-corrected chi connectivity index (χ0v) is 11.1. The van der Waals surface area contributed by atoms with E-state index in [1.807, 2.05) is 24.3 Å². The van der Waals surface area contributed by atoms with Crippen LogP contribution in [0.25, 0.3) is 11.4 Å². The van der Waals surface area contributed by atoms with Gasteiger partial charge in [-0.1, -0.05) is 23.7 Å². The average Bonchev–Trinajstić information content (AvgIpc) is 2.77. The van der Waals surface area contributed by atoms with Gasteiger partial charge in [0.1, 0.15) is 11.6 Å². The third-order valence-electron chi connectivity index (χ3n) is 3.42. The molecule has 4 heteroatoms. The van der Waals surface area contributed by atoms with Gasteiger partial charge in [-0.25, -0.2) is 4.98 Å². The number of methoxy groups -OCH3 is 1. The van der Waals surface area contributed by atoms with Gasteiger partial charge in [0, 0.05) is 6.54 Å². The fourth-order valence-corrected chi connectivity index (χ4v) is 2.81. The Hall–Kier alpha value is -1.48. The van der Waals surface area contributed by atoms with E-state index in [0.717, 1.165) is 35.8 Å². The molecular formula is C14H15ClN2O. The Kier molecular flexibility index (Phi) is 3.00. The van der Waals surface area contributed by atoms with E-state index in [-0.39, 0.29) is 0 Å². The first-order valence-corrected chi connectivity index (χ1v) is 6.57. The van der Waals surface area contributed by atoms with Gasteiger partial charge in [-0.05, 0) is 31.4 Å². The molecule has 0 atom stereocenters. The number of hydrogen-bond donors (Lipinski definition) is 0. The topological polar surface area (TPSA) is 27.1 Å². The molecule has 94 valence electrons. The van der Waals surface area contributed by atoms with Crippen LogP contribution in [0.15, 0.2) is 24.3 Å². The number of rotatable bonds is 2. The highest BCUT2D eigenvalue weighted by Crippen LogP contribution is 2.34. The zero-order chi connectivity index (χ0) is 12.5. The lowest BCUT2D eigenvalue weighted by molar-refractivity contribution is 0.415. The molecule has 3 rings (SSSR count). The first kappa shape index (κ1) is 11.6. The van der Waals surface area contributed by atoms with Crippen LogP contribution in [-0.4, -0.2) is 16.7 Å². The average molecular weight is 263 g/mol. The molecule has 0 unspecified atom stereocenters. The molecular weight excluding hydrogens is 248 g/mol. The summed E-state index contributed by atoms with van der Waals surface area (Å²) in [5, 5.41) is 0.635. The third kappa shape index (κ3) is 1.79. The molecule has 3 nitrogen and oxygen atoms in total. The Morgan fingerprint density at radius 1 is 1.28 bits per heavy atom. The van der Waals surface area contributed by atoms with Crippen molar-refractivity contribution in [3.8, 4) is 17.1 Å². The molecule has 0 N–H and O–H groups in total. The summed E-state index contributed by atoms with van der Waals surface area (Å²) in [5.74, 6) is 1.76. The van der Waals surface area contributed by atoms with E-state index in [1.165, 1.54) is 12.8 Å². The quantitative estimate of drug-likeness (QED) is 0.828. The number of halogens is 1. The monoisotopic (exact) mass is 262 g/mol. The van der Waals surface area contributed by atoms with Crippen LogP contribution in [0.3, 0.4) is 0 Å². The maximum atomic E-state index is 6.24. The largest absolute Gasteiger partial charge is 0.496 e. The third-order valence-corrected chi connectivity index (χ3v) is 3.72. The van der Waals surface area contributed by atoms with Crippen LogP contribution >= 0.6 is 11.6 Å². The number of benzene rings is 1. The van der Waals surface area contributed by atoms with E-state index in [1.54, 1.807) is 7.11 Å². The summed E-state index contributed by atoms with van der Waals surface area (Å²) < 4.78 is 7.63. The molecule has 0 saturated heterocycles. The Morgan fingerprint density at radius 2 is 2.11 bits per heavy atom. The summed E-state index contributed by atoms with van der Waals surface area (Å²) in [6, 6.07) is 7.94. The van der Waals surface area contributed by atoms with Crippen molar-refractivity contribution >= 4 is 11.6 Å². The lowest BCUT2D eigenvalue weighted by Gasteiger charge is -2.17. The lowest BCUT2D eigenvalue weighted by Crippen LogP contribution is -2.11. The fourth-order valence-electron chi connectivity index (χ4n) is 2.53. The summed E-state index contributed by atoms with van der Waals surface area (Å²) in [6.45, 7) is 0.989. The molecule has 18 heavy (non-hydrogen) atoms. The summed E-state index contributed by atoms with van der Waals surface area (Å²) in [4.78, 5) is 4.52. The smallest absolute Gasteiger partial charge is 0.150 e. The molecule has 2 aromatic rings. The molecule has 0 spiro atoms. The van der Waals surface area contributed by atoms with Crippen LogP contribution < -0.4 is 4.74 Å². The number of para-hydroxylation sites is 1. The predicted molar refractivity (Wildman–Crippen MR) is 72.2 cm³/mol. The van der Waals surface area contributed by atoms with Gasteiger partial charge >= 0.3 is 0 Å². The maximum absolute atomic E-state index is 6.24. The minimum Gasteiger partial charge on any atom is -0.496 e. The second-order valence-electron chi connectivity index (χ2n) is 4.48. The van der Waals surface area contributed by atoms with Crippen molar-refractivity contribution in [2.45, 2.75) is 25.8 Å². The van der Waals surface area contributed by atoms with Gasteiger partial charge in [0.05, 0.1) is 18.4 Å². The number of nitrogens with zero attached hydrogens (tertiary/aromatic N) is 2. The normalized spacial score (nSPS) is 14.3. The number of aromatic nitrogens is 2. The van der Waals surface area contributed by atoms with Crippen molar-refractivity contribution in [1.82, 2.24) is 9.55 Å². The Morgan fingerprint density at radius 3 is 2.94 bits per heavy atom. The molecule has 0 amide bonds. The first-order chi connectivity index (χ1) is 8.81. The van der Waals surface area contributed by atoms with Crippen LogP contribution in [0.4, 0.5) is 0 Å². The first-order valence-electron chi connectivity index (χ1n) is 6.19. The summed E-state index contributed by atoms with van der Waals surface area (Å²) in [6.07, 6.45) is 3.39. The number of ether oxygens (including phenoxy) is 1. The number of imidazole rings is 1. The van der Waals surface area contributed by atoms with Crippen LogP contribution in [0, 0.1) is 0 Å². The highest BCUT2D eigenvalue weighted by atomic mass is 35.5. The van der Waals surface area contributed by atoms with Gasteiger partial charge in [0.25, 0.3) is 0 Å². The van der Waals surface area contributed by atoms with Crippen LogP contribution in [-0.2, 0) is 13.0 Å². The summed E-state index contributed by atoms with van der Waals surface area (Å²) >= 11 is 6.24. The van der Waals surface area contributed by atoms with Crippen LogP contribution in [0.5, 0.6) is 5.75 Å². The number of fused-ring (bicyclic) bond motifs is 1. The van der Waals surface area contributed by atoms with E-state index in [4.69, 9.17) is 16.3 Å². The zero-order valence-electron chi connectivity index (χ0n) is 10.3. The van der Waals surface area contributed by atoms with Gasteiger partial charge in [-0.2, -0.15) is 0 Å². The lowest BCUT2D eigenvalue weighted by atomic mass is 10.1. The molecule has 2 heterocycles. The molecule has 1 aromatic carbocycles. The van der Waals surface area contributed by atoms with Crippen molar-refractivity contribution in [3.63, 3.8) is 0 Å². The molecule has 0 saturated carbocycles. The van der Waals surface area contributed by atoms with Gasteiger partial charge in [-0.15, -0.1) is 0 Å². The highest BCUT2D eigenvalue weighted by molar-refractivity contribution is 6.30. The Balaban J connectivity index is 2.17. The summed E-state index contributed by atoms with van der Waals surface area (Å²) in [7, 11) is 1.68. The molecule has 0 bridgehead atoms. The van der Waals surface area contributed by atoms with Gasteiger partial charge < -0.3 is 9.30 Å². The van der Waals surface area contributed by atoms with Gasteiger partial charge in [-0.3, -0.25) is 0 Å². The van der Waals surface area contributed by atoms with Crippen molar-refractivity contribution in [1.29, 1.82) is 0 Å². The number of hydrogen-bond acceptors (Lipinski definition) is 2. The molecule has 0 fully saturated rings. The molecule has 1 aliphatic rings.